The molecule has 0 amide bonds. The van der Waals surface area contributed by atoms with Crippen LogP contribution in [0.5, 0.6) is 0 Å². The fourth-order valence-corrected chi connectivity index (χ4v) is 3.07. The van der Waals surface area contributed by atoms with E-state index < -0.39 is 17.3 Å². The number of hydrogen-bond acceptors (Lipinski definition) is 4. The predicted molar refractivity (Wildman–Crippen MR) is 100 cm³/mol. The summed E-state index contributed by atoms with van der Waals surface area (Å²) in [7, 11) is 3.38. The standard InChI is InChI=1S/C17H16Cl2F3N5O/c1-16(2,28)13-12(7-23)25-27(15(13)24-8-26(3)4)14-10(18)5-9(6-11(14)19)17(20,21)22/h5-6,8,28H,1-4H3/b24-8-. The lowest BCUT2D eigenvalue weighted by atomic mass is 9.98. The van der Waals surface area contributed by atoms with Gasteiger partial charge in [0.1, 0.15) is 11.8 Å². The number of benzene rings is 1. The van der Waals surface area contributed by atoms with Crippen molar-refractivity contribution in [2.24, 2.45) is 4.99 Å². The minimum atomic E-state index is -4.64. The summed E-state index contributed by atoms with van der Waals surface area (Å²) in [5.41, 5.74) is -2.72. The van der Waals surface area contributed by atoms with Crippen LogP contribution in [0.3, 0.4) is 0 Å². The average molecular weight is 434 g/mol. The summed E-state index contributed by atoms with van der Waals surface area (Å²) < 4.78 is 40.1. The maximum Gasteiger partial charge on any atom is 0.416 e. The van der Waals surface area contributed by atoms with E-state index >= 15 is 0 Å². The highest BCUT2D eigenvalue weighted by Crippen LogP contribution is 2.41. The van der Waals surface area contributed by atoms with Gasteiger partial charge in [-0.3, -0.25) is 0 Å². The molecule has 1 aromatic heterocycles. The maximum atomic E-state index is 13.0. The topological polar surface area (TPSA) is 77.4 Å². The summed E-state index contributed by atoms with van der Waals surface area (Å²) in [4.78, 5) is 5.81. The number of aromatic nitrogens is 2. The normalized spacial score (nSPS) is 12.5. The van der Waals surface area contributed by atoms with Gasteiger partial charge in [-0.15, -0.1) is 0 Å². The van der Waals surface area contributed by atoms with Crippen molar-refractivity contribution < 1.29 is 18.3 Å². The first-order chi connectivity index (χ1) is 12.8. The molecule has 0 spiro atoms. The molecule has 1 N–H and O–H groups in total. The molecule has 6 nitrogen and oxygen atoms in total. The fourth-order valence-electron chi connectivity index (χ4n) is 2.43. The molecular formula is C17H16Cl2F3N5O. The third-order valence-corrected chi connectivity index (χ3v) is 4.12. The SMILES string of the molecule is CN(C)/C=N\c1c(C(C)(C)O)c(C#N)nn1-c1c(Cl)cc(C(F)(F)F)cc1Cl. The highest BCUT2D eigenvalue weighted by atomic mass is 35.5. The van der Waals surface area contributed by atoms with E-state index in [2.05, 4.69) is 10.1 Å². The van der Waals surface area contributed by atoms with Gasteiger partial charge >= 0.3 is 6.18 Å². The molecule has 0 aliphatic heterocycles. The van der Waals surface area contributed by atoms with Crippen LogP contribution in [0.2, 0.25) is 10.0 Å². The summed E-state index contributed by atoms with van der Waals surface area (Å²) >= 11 is 12.2. The van der Waals surface area contributed by atoms with Crippen LogP contribution in [0.1, 0.15) is 30.7 Å². The Balaban J connectivity index is 2.87. The Bertz CT molecular complexity index is 946. The van der Waals surface area contributed by atoms with Crippen molar-refractivity contribution >= 4 is 35.4 Å². The predicted octanol–water partition coefficient (Wildman–Crippen LogP) is 4.52. The van der Waals surface area contributed by atoms with Gasteiger partial charge in [-0.25, -0.2) is 9.67 Å². The Morgan fingerprint density at radius 1 is 1.25 bits per heavy atom. The van der Waals surface area contributed by atoms with Crippen molar-refractivity contribution in [3.05, 3.63) is 39.0 Å². The first-order valence-corrected chi connectivity index (χ1v) is 8.56. The molecule has 0 radical (unpaired) electrons. The number of nitrogens with zero attached hydrogens (tertiary/aromatic N) is 5. The Morgan fingerprint density at radius 2 is 1.79 bits per heavy atom. The Hall–Kier alpha value is -2.28. The number of aliphatic hydroxyl groups is 1. The fraction of sp³-hybridized carbons (Fsp3) is 0.353. The van der Waals surface area contributed by atoms with Crippen LogP contribution in [0.25, 0.3) is 5.69 Å². The molecule has 0 bridgehead atoms. The van der Waals surface area contributed by atoms with Crippen LogP contribution < -0.4 is 0 Å². The molecule has 0 aliphatic carbocycles. The van der Waals surface area contributed by atoms with Gasteiger partial charge in [-0.05, 0) is 26.0 Å². The van der Waals surface area contributed by atoms with E-state index in [1.165, 1.54) is 20.2 Å². The monoisotopic (exact) mass is 433 g/mol. The second-order valence-electron chi connectivity index (χ2n) is 6.62. The number of aliphatic imine (C=N–C) groups is 1. The Morgan fingerprint density at radius 3 is 2.18 bits per heavy atom. The molecule has 0 aliphatic rings. The minimum absolute atomic E-state index is 0.0151. The molecule has 0 fully saturated rings. The average Bonchev–Trinajstić information content (AvgIpc) is 2.89. The Labute approximate surface area is 169 Å². The third-order valence-electron chi connectivity index (χ3n) is 3.55. The number of rotatable bonds is 4. The van der Waals surface area contributed by atoms with Gasteiger partial charge in [0.05, 0.1) is 33.1 Å². The number of alkyl halides is 3. The van der Waals surface area contributed by atoms with Gasteiger partial charge in [0.15, 0.2) is 11.5 Å². The van der Waals surface area contributed by atoms with Crippen LogP contribution in [-0.2, 0) is 11.8 Å². The lowest BCUT2D eigenvalue weighted by Gasteiger charge is -2.18. The van der Waals surface area contributed by atoms with Crippen molar-refractivity contribution in [2.45, 2.75) is 25.6 Å². The highest BCUT2D eigenvalue weighted by Gasteiger charge is 2.34. The van der Waals surface area contributed by atoms with Gasteiger partial charge in [-0.2, -0.15) is 23.5 Å². The van der Waals surface area contributed by atoms with E-state index in [4.69, 9.17) is 23.2 Å². The van der Waals surface area contributed by atoms with E-state index in [1.54, 1.807) is 19.0 Å². The van der Waals surface area contributed by atoms with Crippen molar-refractivity contribution in [3.63, 3.8) is 0 Å². The third kappa shape index (κ3) is 4.41. The van der Waals surface area contributed by atoms with E-state index in [0.29, 0.717) is 12.1 Å². The first-order valence-electron chi connectivity index (χ1n) is 7.80. The summed E-state index contributed by atoms with van der Waals surface area (Å²) in [5.74, 6) is 0.0151. The molecule has 0 unspecified atom stereocenters. The number of halogens is 5. The van der Waals surface area contributed by atoms with Crippen molar-refractivity contribution in [1.82, 2.24) is 14.7 Å². The molecule has 150 valence electrons. The zero-order chi connectivity index (χ0) is 21.4. The summed E-state index contributed by atoms with van der Waals surface area (Å²) in [6, 6.07) is 3.27. The molecule has 28 heavy (non-hydrogen) atoms. The second-order valence-corrected chi connectivity index (χ2v) is 7.44. The van der Waals surface area contributed by atoms with E-state index in [0.717, 1.165) is 4.68 Å². The molecule has 2 rings (SSSR count). The van der Waals surface area contributed by atoms with E-state index in [-0.39, 0.29) is 32.8 Å². The molecule has 0 atom stereocenters. The zero-order valence-electron chi connectivity index (χ0n) is 15.3. The minimum Gasteiger partial charge on any atom is -0.385 e. The van der Waals surface area contributed by atoms with Crippen molar-refractivity contribution in [2.75, 3.05) is 14.1 Å². The maximum absolute atomic E-state index is 13.0. The van der Waals surface area contributed by atoms with E-state index in [1.807, 2.05) is 6.07 Å². The molecule has 1 aromatic carbocycles. The van der Waals surface area contributed by atoms with Gasteiger partial charge in [0, 0.05) is 14.1 Å². The smallest absolute Gasteiger partial charge is 0.385 e. The van der Waals surface area contributed by atoms with Gasteiger partial charge in [0.2, 0.25) is 0 Å². The highest BCUT2D eigenvalue weighted by molar-refractivity contribution is 6.38. The van der Waals surface area contributed by atoms with Crippen LogP contribution in [0.15, 0.2) is 17.1 Å². The largest absolute Gasteiger partial charge is 0.416 e. The molecule has 2 aromatic rings. The molecule has 1 heterocycles. The van der Waals surface area contributed by atoms with E-state index in [9.17, 15) is 23.5 Å². The lowest BCUT2D eigenvalue weighted by Crippen LogP contribution is -2.17. The summed E-state index contributed by atoms with van der Waals surface area (Å²) in [5, 5.41) is 23.3. The van der Waals surface area contributed by atoms with Crippen LogP contribution in [-0.4, -0.2) is 40.2 Å². The van der Waals surface area contributed by atoms with Crippen molar-refractivity contribution in [3.8, 4) is 11.8 Å². The van der Waals surface area contributed by atoms with Gasteiger partial charge in [-0.1, -0.05) is 23.2 Å². The summed E-state index contributed by atoms with van der Waals surface area (Å²) in [6.07, 6.45) is -3.26. The van der Waals surface area contributed by atoms with Gasteiger partial charge in [0.25, 0.3) is 0 Å². The summed E-state index contributed by atoms with van der Waals surface area (Å²) in [6.45, 7) is 2.86. The Kier molecular flexibility index (Phi) is 5.99. The van der Waals surface area contributed by atoms with Crippen LogP contribution in [0, 0.1) is 11.3 Å². The zero-order valence-corrected chi connectivity index (χ0v) is 16.8. The van der Waals surface area contributed by atoms with Crippen LogP contribution >= 0.6 is 23.2 Å². The van der Waals surface area contributed by atoms with Crippen LogP contribution in [0.4, 0.5) is 19.0 Å². The van der Waals surface area contributed by atoms with Crippen molar-refractivity contribution in [1.29, 1.82) is 5.26 Å². The number of nitriles is 1. The molecule has 11 heteroatoms. The first kappa shape index (κ1) is 22.0. The quantitative estimate of drug-likeness (QED) is 0.567. The lowest BCUT2D eigenvalue weighted by molar-refractivity contribution is -0.137. The second kappa shape index (κ2) is 7.62. The molecule has 0 saturated heterocycles. The molecular weight excluding hydrogens is 418 g/mol. The van der Waals surface area contributed by atoms with Gasteiger partial charge < -0.3 is 10.0 Å². The molecule has 0 saturated carbocycles. The number of hydrogen-bond donors (Lipinski definition) is 1.